The number of imide groups is 1. The lowest BCUT2D eigenvalue weighted by Crippen LogP contribution is -2.72. The highest BCUT2D eigenvalue weighted by Gasteiger charge is 2.52. The Morgan fingerprint density at radius 3 is 2.45 bits per heavy atom. The fourth-order valence-electron chi connectivity index (χ4n) is 3.76. The summed E-state index contributed by atoms with van der Waals surface area (Å²) in [5.41, 5.74) is 0.807. The maximum Gasteiger partial charge on any atom is 0.327 e. The van der Waals surface area contributed by atoms with E-state index in [1.807, 2.05) is 6.07 Å². The number of amides is 4. The Labute approximate surface area is 190 Å². The minimum absolute atomic E-state index is 0.305. The molecule has 0 aromatic heterocycles. The van der Waals surface area contributed by atoms with E-state index in [-0.39, 0.29) is 17.6 Å². The van der Waals surface area contributed by atoms with Gasteiger partial charge in [-0.05, 0) is 24.6 Å². The average Bonchev–Trinajstić information content (AvgIpc) is 2.73. The lowest BCUT2D eigenvalue weighted by Gasteiger charge is -2.50. The summed E-state index contributed by atoms with van der Waals surface area (Å²) < 4.78 is 0. The van der Waals surface area contributed by atoms with Crippen LogP contribution in [0.1, 0.15) is 18.7 Å². The lowest BCUT2D eigenvalue weighted by molar-refractivity contribution is -0.140. The number of ketones is 1. The van der Waals surface area contributed by atoms with Crippen molar-refractivity contribution in [1.29, 1.82) is 0 Å². The van der Waals surface area contributed by atoms with Gasteiger partial charge in [0.05, 0.1) is 23.6 Å². The van der Waals surface area contributed by atoms with Crippen LogP contribution in [-0.4, -0.2) is 83.3 Å². The van der Waals surface area contributed by atoms with Crippen LogP contribution in [0.2, 0.25) is 5.02 Å². The number of hydrogen-bond donors (Lipinski definition) is 2. The van der Waals surface area contributed by atoms with Gasteiger partial charge in [-0.15, -0.1) is 11.8 Å². The number of Topliss-reactive ketones (excluding diaryl/α,β-unsaturated/α-hetero) is 1. The normalized spacial score (nSPS) is 27.0. The molecule has 2 heterocycles. The van der Waals surface area contributed by atoms with Crippen LogP contribution in [0.3, 0.4) is 0 Å². The van der Waals surface area contributed by atoms with Gasteiger partial charge in [0, 0.05) is 33.2 Å². The zero-order valence-electron chi connectivity index (χ0n) is 18.0. The molecule has 11 heteroatoms. The van der Waals surface area contributed by atoms with Gasteiger partial charge in [0.25, 0.3) is 0 Å². The molecule has 4 amide bonds. The summed E-state index contributed by atoms with van der Waals surface area (Å²) in [5.74, 6) is -1.74. The van der Waals surface area contributed by atoms with Gasteiger partial charge < -0.3 is 9.80 Å². The number of carbonyl (C=O) groups excluding carboxylic acids is 4. The fourth-order valence-corrected chi connectivity index (χ4v) is 5.42. The van der Waals surface area contributed by atoms with Crippen molar-refractivity contribution in [3.63, 3.8) is 0 Å². The van der Waals surface area contributed by atoms with Crippen LogP contribution in [0.25, 0.3) is 0 Å². The predicted molar refractivity (Wildman–Crippen MR) is 118 cm³/mol. The summed E-state index contributed by atoms with van der Waals surface area (Å²) in [6, 6.07) is 6.77. The maximum absolute atomic E-state index is 13.1. The number of nitrogens with one attached hydrogen (secondary N) is 2. The van der Waals surface area contributed by atoms with Crippen molar-refractivity contribution in [3.05, 3.63) is 34.9 Å². The Balaban J connectivity index is 2.00. The largest absolute Gasteiger partial charge is 0.347 e. The number of carbonyl (C=O) groups is 4. The number of thioether (sulfide) groups is 1. The Morgan fingerprint density at radius 1 is 1.19 bits per heavy atom. The SMILES string of the molecule is CC(=O)C(SC1NC(c2cccc(Cl)c2)NC2C1C(=O)N(C)C(=O)N2C)C(=O)N(C)C. The number of benzene rings is 1. The third-order valence-corrected chi connectivity index (χ3v) is 7.22. The van der Waals surface area contributed by atoms with E-state index in [9.17, 15) is 19.2 Å². The topological polar surface area (TPSA) is 102 Å². The molecular weight excluding hydrogens is 442 g/mol. The van der Waals surface area contributed by atoms with Crippen LogP contribution in [-0.2, 0) is 14.4 Å². The Morgan fingerprint density at radius 2 is 1.87 bits per heavy atom. The summed E-state index contributed by atoms with van der Waals surface area (Å²) in [4.78, 5) is 54.4. The zero-order valence-corrected chi connectivity index (χ0v) is 19.5. The van der Waals surface area contributed by atoms with E-state index in [4.69, 9.17) is 11.6 Å². The summed E-state index contributed by atoms with van der Waals surface area (Å²) >= 11 is 7.25. The van der Waals surface area contributed by atoms with Gasteiger partial charge in [0.1, 0.15) is 5.25 Å². The zero-order chi connectivity index (χ0) is 23.0. The smallest absolute Gasteiger partial charge is 0.327 e. The summed E-state index contributed by atoms with van der Waals surface area (Å²) in [6.45, 7) is 1.36. The molecule has 3 rings (SSSR count). The standard InChI is InChI=1S/C20H26ClN5O4S/c1-10(27)14(19(29)24(2)3)31-17-13-16(25(4)20(30)26(5)18(13)28)22-15(23-17)11-7-6-8-12(21)9-11/h6-9,13-17,22-23H,1-5H3. The molecule has 0 aliphatic carbocycles. The van der Waals surface area contributed by atoms with Crippen LogP contribution < -0.4 is 10.6 Å². The van der Waals surface area contributed by atoms with Crippen LogP contribution in [0.4, 0.5) is 4.79 Å². The second-order valence-corrected chi connectivity index (χ2v) is 9.55. The van der Waals surface area contributed by atoms with Gasteiger partial charge in [-0.1, -0.05) is 23.7 Å². The lowest BCUT2D eigenvalue weighted by atomic mass is 9.96. The molecule has 0 saturated carbocycles. The van der Waals surface area contributed by atoms with Crippen molar-refractivity contribution in [1.82, 2.24) is 25.3 Å². The van der Waals surface area contributed by atoms with E-state index in [1.165, 1.54) is 23.8 Å². The Kier molecular flexibility index (Phi) is 6.95. The molecule has 0 radical (unpaired) electrons. The van der Waals surface area contributed by atoms with Gasteiger partial charge in [0.15, 0.2) is 5.78 Å². The van der Waals surface area contributed by atoms with E-state index in [0.29, 0.717) is 5.02 Å². The number of halogens is 1. The maximum atomic E-state index is 13.1. The summed E-state index contributed by atoms with van der Waals surface area (Å²) in [6.07, 6.45) is -1.08. The highest BCUT2D eigenvalue weighted by molar-refractivity contribution is 8.02. The Hall–Kier alpha value is -2.14. The highest BCUT2D eigenvalue weighted by atomic mass is 35.5. The number of rotatable bonds is 5. The minimum Gasteiger partial charge on any atom is -0.347 e. The van der Waals surface area contributed by atoms with Crippen LogP contribution >= 0.6 is 23.4 Å². The quantitative estimate of drug-likeness (QED) is 0.625. The van der Waals surface area contributed by atoms with Crippen molar-refractivity contribution in [2.45, 2.75) is 29.9 Å². The second kappa shape index (κ2) is 9.15. The molecule has 1 aromatic rings. The summed E-state index contributed by atoms with van der Waals surface area (Å²) in [5, 5.41) is 5.61. The summed E-state index contributed by atoms with van der Waals surface area (Å²) in [7, 11) is 6.21. The molecule has 5 atom stereocenters. The van der Waals surface area contributed by atoms with Gasteiger partial charge in [0.2, 0.25) is 11.8 Å². The number of hydrogen-bond acceptors (Lipinski definition) is 7. The molecule has 2 aliphatic heterocycles. The van der Waals surface area contributed by atoms with E-state index in [0.717, 1.165) is 22.2 Å². The molecule has 2 N–H and O–H groups in total. The molecule has 31 heavy (non-hydrogen) atoms. The van der Waals surface area contributed by atoms with Gasteiger partial charge >= 0.3 is 6.03 Å². The highest BCUT2D eigenvalue weighted by Crippen LogP contribution is 2.36. The molecule has 0 bridgehead atoms. The molecule has 2 fully saturated rings. The first-order valence-electron chi connectivity index (χ1n) is 9.72. The predicted octanol–water partition coefficient (Wildman–Crippen LogP) is 1.10. The van der Waals surface area contributed by atoms with E-state index < -0.39 is 34.9 Å². The van der Waals surface area contributed by atoms with E-state index >= 15 is 0 Å². The molecule has 5 unspecified atom stereocenters. The number of urea groups is 1. The number of fused-ring (bicyclic) bond motifs is 1. The first kappa shape index (κ1) is 23.5. The van der Waals surface area contributed by atoms with Gasteiger partial charge in [-0.3, -0.25) is 29.9 Å². The van der Waals surface area contributed by atoms with Crippen molar-refractivity contribution in [2.75, 3.05) is 28.2 Å². The third-order valence-electron chi connectivity index (χ3n) is 5.46. The fraction of sp³-hybridized carbons (Fsp3) is 0.500. The molecule has 9 nitrogen and oxygen atoms in total. The Bertz CT molecular complexity index is 913. The molecular formula is C20H26ClN5O4S. The van der Waals surface area contributed by atoms with Crippen LogP contribution in [0, 0.1) is 5.92 Å². The van der Waals surface area contributed by atoms with Gasteiger partial charge in [-0.25, -0.2) is 4.79 Å². The first-order valence-corrected chi connectivity index (χ1v) is 11.0. The van der Waals surface area contributed by atoms with Crippen molar-refractivity contribution < 1.29 is 19.2 Å². The van der Waals surface area contributed by atoms with Gasteiger partial charge in [-0.2, -0.15) is 0 Å². The molecule has 0 spiro atoms. The minimum atomic E-state index is -0.979. The van der Waals surface area contributed by atoms with Crippen LogP contribution in [0.15, 0.2) is 24.3 Å². The van der Waals surface area contributed by atoms with E-state index in [2.05, 4.69) is 10.6 Å². The number of nitrogens with zero attached hydrogens (tertiary/aromatic N) is 3. The molecule has 2 aliphatic rings. The molecule has 168 valence electrons. The van der Waals surface area contributed by atoms with Crippen LogP contribution in [0.5, 0.6) is 0 Å². The second-order valence-electron chi connectivity index (χ2n) is 7.86. The van der Waals surface area contributed by atoms with Crippen molar-refractivity contribution in [2.24, 2.45) is 5.92 Å². The first-order chi connectivity index (χ1) is 14.5. The molecule has 2 saturated heterocycles. The van der Waals surface area contributed by atoms with E-state index in [1.54, 1.807) is 39.3 Å². The van der Waals surface area contributed by atoms with Crippen molar-refractivity contribution >= 4 is 47.0 Å². The third kappa shape index (κ3) is 4.57. The molecule has 1 aromatic carbocycles. The van der Waals surface area contributed by atoms with Crippen molar-refractivity contribution in [3.8, 4) is 0 Å². The monoisotopic (exact) mass is 467 g/mol. The average molecular weight is 468 g/mol.